The third-order valence-corrected chi connectivity index (χ3v) is 4.45. The summed E-state index contributed by atoms with van der Waals surface area (Å²) < 4.78 is 6.19. The molecule has 3 rings (SSSR count). The molecular weight excluding hydrogens is 294 g/mol. The van der Waals surface area contributed by atoms with Gasteiger partial charge in [0.2, 0.25) is 0 Å². The fourth-order valence-electron chi connectivity index (χ4n) is 3.21. The van der Waals surface area contributed by atoms with Gasteiger partial charge in [-0.2, -0.15) is 0 Å². The maximum absolute atomic E-state index is 6.19. The molecular formula is C22H27NO. The van der Waals surface area contributed by atoms with Crippen molar-refractivity contribution in [3.63, 3.8) is 0 Å². The lowest BCUT2D eigenvalue weighted by atomic mass is 10.1. The SMILES string of the molecule is CCCCCN1CC(C)Oc2c(/C=C/c3ccccc3)cccc21. The van der Waals surface area contributed by atoms with E-state index in [2.05, 4.69) is 73.4 Å². The monoisotopic (exact) mass is 321 g/mol. The van der Waals surface area contributed by atoms with Crippen molar-refractivity contribution in [2.24, 2.45) is 0 Å². The molecule has 24 heavy (non-hydrogen) atoms. The Labute approximate surface area is 145 Å². The lowest BCUT2D eigenvalue weighted by molar-refractivity contribution is 0.212. The van der Waals surface area contributed by atoms with Crippen molar-refractivity contribution in [2.75, 3.05) is 18.0 Å². The molecule has 2 nitrogen and oxygen atoms in total. The van der Waals surface area contributed by atoms with Crippen LogP contribution in [-0.4, -0.2) is 19.2 Å². The van der Waals surface area contributed by atoms with Crippen LogP contribution in [0.5, 0.6) is 5.75 Å². The Morgan fingerprint density at radius 2 is 1.88 bits per heavy atom. The van der Waals surface area contributed by atoms with Gasteiger partial charge in [-0.15, -0.1) is 0 Å². The predicted molar refractivity (Wildman–Crippen MR) is 104 cm³/mol. The quantitative estimate of drug-likeness (QED) is 0.504. The minimum atomic E-state index is 0.227. The molecule has 0 aliphatic carbocycles. The summed E-state index contributed by atoms with van der Waals surface area (Å²) in [6, 6.07) is 16.9. The molecule has 0 N–H and O–H groups in total. The van der Waals surface area contributed by atoms with Gasteiger partial charge in [-0.05, 0) is 25.0 Å². The summed E-state index contributed by atoms with van der Waals surface area (Å²) in [7, 11) is 0. The third-order valence-electron chi connectivity index (χ3n) is 4.45. The number of anilines is 1. The van der Waals surface area contributed by atoms with Crippen molar-refractivity contribution in [3.05, 3.63) is 59.7 Å². The molecule has 1 heterocycles. The maximum atomic E-state index is 6.19. The second-order valence-corrected chi connectivity index (χ2v) is 6.52. The van der Waals surface area contributed by atoms with E-state index in [0.29, 0.717) is 0 Å². The van der Waals surface area contributed by atoms with Crippen LogP contribution in [0.2, 0.25) is 0 Å². The summed E-state index contributed by atoms with van der Waals surface area (Å²) in [5.74, 6) is 1.03. The first-order valence-electron chi connectivity index (χ1n) is 9.05. The number of benzene rings is 2. The van der Waals surface area contributed by atoms with E-state index in [4.69, 9.17) is 4.74 Å². The van der Waals surface area contributed by atoms with Crippen LogP contribution in [0.25, 0.3) is 12.2 Å². The summed E-state index contributed by atoms with van der Waals surface area (Å²) in [6.07, 6.45) is 8.33. The van der Waals surface area contributed by atoms with Crippen LogP contribution in [-0.2, 0) is 0 Å². The zero-order chi connectivity index (χ0) is 16.8. The van der Waals surface area contributed by atoms with E-state index in [1.807, 2.05) is 6.07 Å². The zero-order valence-corrected chi connectivity index (χ0v) is 14.7. The number of rotatable bonds is 6. The second-order valence-electron chi connectivity index (χ2n) is 6.52. The van der Waals surface area contributed by atoms with E-state index in [1.165, 1.54) is 30.5 Å². The highest BCUT2D eigenvalue weighted by Crippen LogP contribution is 2.37. The number of hydrogen-bond donors (Lipinski definition) is 0. The normalized spacial score (nSPS) is 16.9. The standard InChI is InChI=1S/C22H27NO/c1-3-4-8-16-23-17-18(2)24-22-20(12-9-13-21(22)23)15-14-19-10-6-5-7-11-19/h5-7,9-15,18H,3-4,8,16-17H2,1-2H3/b15-14+. The minimum absolute atomic E-state index is 0.227. The first-order chi connectivity index (χ1) is 11.8. The van der Waals surface area contributed by atoms with Crippen LogP contribution in [0.3, 0.4) is 0 Å². The van der Waals surface area contributed by atoms with Gasteiger partial charge < -0.3 is 9.64 Å². The van der Waals surface area contributed by atoms with Crippen molar-refractivity contribution in [1.82, 2.24) is 0 Å². The third kappa shape index (κ3) is 4.00. The van der Waals surface area contributed by atoms with Crippen molar-refractivity contribution in [1.29, 1.82) is 0 Å². The highest BCUT2D eigenvalue weighted by atomic mass is 16.5. The molecule has 2 aromatic rings. The van der Waals surface area contributed by atoms with E-state index in [9.17, 15) is 0 Å². The van der Waals surface area contributed by atoms with Gasteiger partial charge in [0.1, 0.15) is 11.9 Å². The number of hydrogen-bond acceptors (Lipinski definition) is 2. The Balaban J connectivity index is 1.85. The van der Waals surface area contributed by atoms with Gasteiger partial charge in [-0.3, -0.25) is 0 Å². The van der Waals surface area contributed by atoms with Gasteiger partial charge in [0.25, 0.3) is 0 Å². The molecule has 2 aromatic carbocycles. The van der Waals surface area contributed by atoms with E-state index >= 15 is 0 Å². The molecule has 0 saturated heterocycles. The van der Waals surface area contributed by atoms with Crippen LogP contribution in [0.15, 0.2) is 48.5 Å². The van der Waals surface area contributed by atoms with E-state index in [-0.39, 0.29) is 6.10 Å². The van der Waals surface area contributed by atoms with Gasteiger partial charge in [-0.25, -0.2) is 0 Å². The van der Waals surface area contributed by atoms with Crippen LogP contribution in [0, 0.1) is 0 Å². The number of unbranched alkanes of at least 4 members (excludes halogenated alkanes) is 2. The molecule has 1 aliphatic heterocycles. The summed E-state index contributed by atoms with van der Waals surface area (Å²) >= 11 is 0. The van der Waals surface area contributed by atoms with E-state index < -0.39 is 0 Å². The molecule has 126 valence electrons. The molecule has 0 aromatic heterocycles. The molecule has 2 heteroatoms. The Hall–Kier alpha value is -2.22. The Morgan fingerprint density at radius 3 is 2.67 bits per heavy atom. The van der Waals surface area contributed by atoms with Gasteiger partial charge in [0.15, 0.2) is 0 Å². The Bertz CT molecular complexity index is 678. The van der Waals surface area contributed by atoms with Crippen LogP contribution >= 0.6 is 0 Å². The van der Waals surface area contributed by atoms with Gasteiger partial charge in [0.05, 0.1) is 12.2 Å². The van der Waals surface area contributed by atoms with Gasteiger partial charge in [0, 0.05) is 12.1 Å². The number of fused-ring (bicyclic) bond motifs is 1. The number of ether oxygens (including phenoxy) is 1. The van der Waals surface area contributed by atoms with Gasteiger partial charge in [-0.1, -0.05) is 74.4 Å². The highest BCUT2D eigenvalue weighted by Gasteiger charge is 2.24. The average molecular weight is 321 g/mol. The molecule has 1 aliphatic rings. The predicted octanol–water partition coefficient (Wildman–Crippen LogP) is 5.63. The zero-order valence-electron chi connectivity index (χ0n) is 14.7. The number of para-hydroxylation sites is 1. The molecule has 0 radical (unpaired) electrons. The Kier molecular flexibility index (Phi) is 5.58. The van der Waals surface area contributed by atoms with E-state index in [1.54, 1.807) is 0 Å². The highest BCUT2D eigenvalue weighted by molar-refractivity contribution is 5.78. The fourth-order valence-corrected chi connectivity index (χ4v) is 3.21. The lowest BCUT2D eigenvalue weighted by Crippen LogP contribution is -2.39. The topological polar surface area (TPSA) is 12.5 Å². The largest absolute Gasteiger partial charge is 0.486 e. The Morgan fingerprint density at radius 1 is 1.04 bits per heavy atom. The maximum Gasteiger partial charge on any atom is 0.150 e. The van der Waals surface area contributed by atoms with E-state index in [0.717, 1.165) is 24.4 Å². The summed E-state index contributed by atoms with van der Waals surface area (Å²) in [6.45, 7) is 6.50. The second kappa shape index (κ2) is 8.05. The average Bonchev–Trinajstić information content (AvgIpc) is 2.61. The molecule has 1 atom stereocenters. The number of nitrogens with zero attached hydrogens (tertiary/aromatic N) is 1. The molecule has 1 unspecified atom stereocenters. The molecule has 0 fully saturated rings. The van der Waals surface area contributed by atoms with Crippen molar-refractivity contribution in [3.8, 4) is 5.75 Å². The van der Waals surface area contributed by atoms with Crippen molar-refractivity contribution in [2.45, 2.75) is 39.2 Å². The molecule has 0 bridgehead atoms. The summed E-state index contributed by atoms with van der Waals surface area (Å²) in [5, 5.41) is 0. The summed E-state index contributed by atoms with van der Waals surface area (Å²) in [5.41, 5.74) is 3.60. The van der Waals surface area contributed by atoms with Gasteiger partial charge >= 0.3 is 0 Å². The molecule has 0 amide bonds. The molecule has 0 spiro atoms. The first-order valence-corrected chi connectivity index (χ1v) is 9.05. The van der Waals surface area contributed by atoms with Crippen molar-refractivity contribution < 1.29 is 4.74 Å². The van der Waals surface area contributed by atoms with Crippen molar-refractivity contribution >= 4 is 17.8 Å². The molecule has 0 saturated carbocycles. The smallest absolute Gasteiger partial charge is 0.150 e. The minimum Gasteiger partial charge on any atom is -0.486 e. The van der Waals surface area contributed by atoms with Crippen LogP contribution < -0.4 is 9.64 Å². The lowest BCUT2D eigenvalue weighted by Gasteiger charge is -2.35. The van der Waals surface area contributed by atoms with Crippen LogP contribution in [0.4, 0.5) is 5.69 Å². The first kappa shape index (κ1) is 16.6. The van der Waals surface area contributed by atoms with Crippen LogP contribution in [0.1, 0.15) is 44.2 Å². The fraction of sp³-hybridized carbons (Fsp3) is 0.364. The summed E-state index contributed by atoms with van der Waals surface area (Å²) in [4.78, 5) is 2.49.